The van der Waals surface area contributed by atoms with Crippen LogP contribution in [-0.4, -0.2) is 17.8 Å². The van der Waals surface area contributed by atoms with Gasteiger partial charge in [-0.1, -0.05) is 23.8 Å². The first-order valence-corrected chi connectivity index (χ1v) is 5.46. The molecule has 2 heteroatoms. The van der Waals surface area contributed by atoms with Crippen molar-refractivity contribution >= 4 is 0 Å². The number of ether oxygens (including phenoxy) is 1. The Hall–Kier alpha value is -0.860. The SMILES string of the molecule is Cc1ccc(C)c(C2(O)CCOC2C)c1. The van der Waals surface area contributed by atoms with E-state index in [2.05, 4.69) is 18.2 Å². The van der Waals surface area contributed by atoms with Crippen LogP contribution in [0, 0.1) is 13.8 Å². The highest BCUT2D eigenvalue weighted by Crippen LogP contribution is 2.37. The number of benzene rings is 1. The highest BCUT2D eigenvalue weighted by Gasteiger charge is 2.41. The van der Waals surface area contributed by atoms with Crippen LogP contribution >= 0.6 is 0 Å². The second-order valence-corrected chi connectivity index (χ2v) is 4.51. The first kappa shape index (κ1) is 10.7. The minimum atomic E-state index is -0.796. The van der Waals surface area contributed by atoms with E-state index < -0.39 is 5.60 Å². The molecule has 0 radical (unpaired) electrons. The summed E-state index contributed by atoms with van der Waals surface area (Å²) in [6.07, 6.45) is 0.580. The van der Waals surface area contributed by atoms with Crippen LogP contribution in [0.25, 0.3) is 0 Å². The molecule has 1 fully saturated rings. The van der Waals surface area contributed by atoms with Crippen LogP contribution in [0.5, 0.6) is 0 Å². The third-order valence-electron chi connectivity index (χ3n) is 3.38. The van der Waals surface area contributed by atoms with E-state index in [9.17, 15) is 5.11 Å². The van der Waals surface area contributed by atoms with Crippen molar-refractivity contribution in [2.24, 2.45) is 0 Å². The fourth-order valence-corrected chi connectivity index (χ4v) is 2.29. The molecule has 1 N–H and O–H groups in total. The molecule has 1 heterocycles. The molecule has 0 saturated carbocycles. The van der Waals surface area contributed by atoms with Crippen molar-refractivity contribution in [3.05, 3.63) is 34.9 Å². The number of aryl methyl sites for hydroxylation is 2. The number of hydrogen-bond donors (Lipinski definition) is 1. The second kappa shape index (κ2) is 3.62. The normalized spacial score (nSPS) is 30.8. The van der Waals surface area contributed by atoms with Crippen molar-refractivity contribution in [1.29, 1.82) is 0 Å². The number of rotatable bonds is 1. The smallest absolute Gasteiger partial charge is 0.118 e. The van der Waals surface area contributed by atoms with Gasteiger partial charge in [-0.3, -0.25) is 0 Å². The Morgan fingerprint density at radius 1 is 1.40 bits per heavy atom. The van der Waals surface area contributed by atoms with Crippen molar-refractivity contribution in [1.82, 2.24) is 0 Å². The molecule has 2 atom stereocenters. The first-order valence-electron chi connectivity index (χ1n) is 5.46. The highest BCUT2D eigenvalue weighted by molar-refractivity contribution is 5.36. The van der Waals surface area contributed by atoms with Crippen LogP contribution in [0.3, 0.4) is 0 Å². The average Bonchev–Trinajstić information content (AvgIpc) is 2.52. The van der Waals surface area contributed by atoms with Gasteiger partial charge in [-0.2, -0.15) is 0 Å². The van der Waals surface area contributed by atoms with Crippen molar-refractivity contribution in [2.45, 2.75) is 38.9 Å². The Labute approximate surface area is 90.9 Å². The van der Waals surface area contributed by atoms with Crippen LogP contribution in [0.15, 0.2) is 18.2 Å². The minimum absolute atomic E-state index is 0.113. The van der Waals surface area contributed by atoms with Gasteiger partial charge in [-0.05, 0) is 31.9 Å². The lowest BCUT2D eigenvalue weighted by molar-refractivity contribution is -0.0321. The molecule has 2 rings (SSSR count). The predicted octanol–water partition coefficient (Wildman–Crippen LogP) is 2.30. The molecule has 2 unspecified atom stereocenters. The molecule has 0 bridgehead atoms. The molecule has 1 aliphatic heterocycles. The Morgan fingerprint density at radius 2 is 2.13 bits per heavy atom. The van der Waals surface area contributed by atoms with Gasteiger partial charge in [0.05, 0.1) is 12.7 Å². The molecule has 15 heavy (non-hydrogen) atoms. The highest BCUT2D eigenvalue weighted by atomic mass is 16.5. The largest absolute Gasteiger partial charge is 0.382 e. The minimum Gasteiger partial charge on any atom is -0.382 e. The molecule has 0 aliphatic carbocycles. The van der Waals surface area contributed by atoms with E-state index in [0.717, 1.165) is 11.1 Å². The third-order valence-corrected chi connectivity index (χ3v) is 3.38. The maximum Gasteiger partial charge on any atom is 0.118 e. The van der Waals surface area contributed by atoms with E-state index in [1.807, 2.05) is 20.8 Å². The Morgan fingerprint density at radius 3 is 2.73 bits per heavy atom. The standard InChI is InChI=1S/C13H18O2/c1-9-4-5-10(2)12(8-9)13(14)6-7-15-11(13)3/h4-5,8,11,14H,6-7H2,1-3H3. The summed E-state index contributed by atoms with van der Waals surface area (Å²) in [6.45, 7) is 6.67. The van der Waals surface area contributed by atoms with E-state index in [-0.39, 0.29) is 6.10 Å². The van der Waals surface area contributed by atoms with Gasteiger partial charge in [0, 0.05) is 6.42 Å². The lowest BCUT2D eigenvalue weighted by Crippen LogP contribution is -2.34. The van der Waals surface area contributed by atoms with Gasteiger partial charge in [0.2, 0.25) is 0 Å². The third kappa shape index (κ3) is 1.68. The fraction of sp³-hybridized carbons (Fsp3) is 0.538. The summed E-state index contributed by atoms with van der Waals surface area (Å²) in [7, 11) is 0. The maximum atomic E-state index is 10.6. The average molecular weight is 206 g/mol. The van der Waals surface area contributed by atoms with Crippen molar-refractivity contribution in [2.75, 3.05) is 6.61 Å². The summed E-state index contributed by atoms with van der Waals surface area (Å²) in [5.41, 5.74) is 2.55. The fourth-order valence-electron chi connectivity index (χ4n) is 2.29. The molecule has 0 amide bonds. The Bertz CT molecular complexity index is 373. The van der Waals surface area contributed by atoms with E-state index in [1.54, 1.807) is 0 Å². The zero-order valence-electron chi connectivity index (χ0n) is 9.58. The molecular formula is C13H18O2. The van der Waals surface area contributed by atoms with Gasteiger partial charge >= 0.3 is 0 Å². The zero-order chi connectivity index (χ0) is 11.1. The van der Waals surface area contributed by atoms with Crippen LogP contribution in [0.1, 0.15) is 30.0 Å². The lowest BCUT2D eigenvalue weighted by Gasteiger charge is -2.28. The van der Waals surface area contributed by atoms with E-state index in [0.29, 0.717) is 13.0 Å². The topological polar surface area (TPSA) is 29.5 Å². The van der Waals surface area contributed by atoms with Crippen LogP contribution in [0.4, 0.5) is 0 Å². The van der Waals surface area contributed by atoms with Crippen molar-refractivity contribution < 1.29 is 9.84 Å². The second-order valence-electron chi connectivity index (χ2n) is 4.51. The summed E-state index contributed by atoms with van der Waals surface area (Å²) in [5.74, 6) is 0. The monoisotopic (exact) mass is 206 g/mol. The molecule has 1 saturated heterocycles. The molecular weight excluding hydrogens is 188 g/mol. The van der Waals surface area contributed by atoms with Crippen LogP contribution in [-0.2, 0) is 10.3 Å². The van der Waals surface area contributed by atoms with Gasteiger partial charge < -0.3 is 9.84 Å². The van der Waals surface area contributed by atoms with E-state index in [1.165, 1.54) is 5.56 Å². The lowest BCUT2D eigenvalue weighted by atomic mass is 9.84. The summed E-state index contributed by atoms with van der Waals surface area (Å²) in [6, 6.07) is 6.21. The Kier molecular flexibility index (Phi) is 2.57. The van der Waals surface area contributed by atoms with Crippen molar-refractivity contribution in [3.8, 4) is 0 Å². The predicted molar refractivity (Wildman–Crippen MR) is 59.8 cm³/mol. The zero-order valence-corrected chi connectivity index (χ0v) is 9.58. The van der Waals surface area contributed by atoms with Gasteiger partial charge in [-0.15, -0.1) is 0 Å². The summed E-state index contributed by atoms with van der Waals surface area (Å²) < 4.78 is 5.47. The van der Waals surface area contributed by atoms with E-state index in [4.69, 9.17) is 4.74 Å². The van der Waals surface area contributed by atoms with Gasteiger partial charge in [0.1, 0.15) is 5.60 Å². The molecule has 0 spiro atoms. The number of aliphatic hydroxyl groups is 1. The maximum absolute atomic E-state index is 10.6. The molecule has 1 aliphatic rings. The summed E-state index contributed by atoms with van der Waals surface area (Å²) in [5, 5.41) is 10.6. The Balaban J connectivity index is 2.48. The molecule has 0 aromatic heterocycles. The molecule has 1 aromatic carbocycles. The van der Waals surface area contributed by atoms with Crippen LogP contribution in [0.2, 0.25) is 0 Å². The van der Waals surface area contributed by atoms with E-state index >= 15 is 0 Å². The molecule has 2 nitrogen and oxygen atoms in total. The molecule has 1 aromatic rings. The van der Waals surface area contributed by atoms with Crippen LogP contribution < -0.4 is 0 Å². The van der Waals surface area contributed by atoms with Gasteiger partial charge in [0.15, 0.2) is 0 Å². The summed E-state index contributed by atoms with van der Waals surface area (Å²) >= 11 is 0. The van der Waals surface area contributed by atoms with Gasteiger partial charge in [-0.25, -0.2) is 0 Å². The number of hydrogen-bond acceptors (Lipinski definition) is 2. The quantitative estimate of drug-likeness (QED) is 0.764. The first-order chi connectivity index (χ1) is 7.04. The van der Waals surface area contributed by atoms with Gasteiger partial charge in [0.25, 0.3) is 0 Å². The summed E-state index contributed by atoms with van der Waals surface area (Å²) in [4.78, 5) is 0. The molecule has 82 valence electrons. The van der Waals surface area contributed by atoms with Crippen molar-refractivity contribution in [3.63, 3.8) is 0 Å².